The number of halogens is 2. The molecule has 0 fully saturated rings. The molecule has 80 valence electrons. The molecule has 0 aliphatic heterocycles. The van der Waals surface area contributed by atoms with E-state index in [-0.39, 0.29) is 6.54 Å². The first-order chi connectivity index (χ1) is 6.20. The number of rotatable bonds is 8. The zero-order valence-electron chi connectivity index (χ0n) is 8.73. The van der Waals surface area contributed by atoms with Crippen molar-refractivity contribution < 1.29 is 8.78 Å². The second-order valence-corrected chi connectivity index (χ2v) is 3.40. The van der Waals surface area contributed by atoms with E-state index in [0.29, 0.717) is 0 Å². The second kappa shape index (κ2) is 8.42. The first kappa shape index (κ1) is 12.8. The number of hydrogen-bond acceptors (Lipinski definition) is 1. The van der Waals surface area contributed by atoms with Crippen molar-refractivity contribution in [1.82, 2.24) is 4.90 Å². The molecule has 13 heavy (non-hydrogen) atoms. The Morgan fingerprint density at radius 2 is 1.69 bits per heavy atom. The molecule has 0 aromatic carbocycles. The Morgan fingerprint density at radius 1 is 1.00 bits per heavy atom. The molecule has 0 saturated carbocycles. The lowest BCUT2D eigenvalue weighted by molar-refractivity contribution is 0.0873. The van der Waals surface area contributed by atoms with E-state index < -0.39 is 6.43 Å². The molecule has 0 unspecified atom stereocenters. The van der Waals surface area contributed by atoms with Crippen LogP contribution in [0, 0.1) is 0 Å². The van der Waals surface area contributed by atoms with Gasteiger partial charge in [0.2, 0.25) is 0 Å². The molecule has 0 rings (SSSR count). The van der Waals surface area contributed by atoms with Crippen LogP contribution in [0.1, 0.15) is 39.5 Å². The molecule has 0 aliphatic rings. The van der Waals surface area contributed by atoms with Gasteiger partial charge >= 0.3 is 0 Å². The third kappa shape index (κ3) is 8.16. The molecule has 0 aliphatic carbocycles. The highest BCUT2D eigenvalue weighted by Gasteiger charge is 2.09. The van der Waals surface area contributed by atoms with Crippen LogP contribution in [0.15, 0.2) is 0 Å². The minimum atomic E-state index is -2.19. The van der Waals surface area contributed by atoms with E-state index in [4.69, 9.17) is 0 Å². The van der Waals surface area contributed by atoms with Crippen molar-refractivity contribution in [3.8, 4) is 0 Å². The minimum absolute atomic E-state index is 0.0580. The van der Waals surface area contributed by atoms with E-state index >= 15 is 0 Å². The van der Waals surface area contributed by atoms with Crippen LogP contribution in [0.3, 0.4) is 0 Å². The van der Waals surface area contributed by atoms with Gasteiger partial charge in [-0.1, -0.05) is 26.7 Å². The summed E-state index contributed by atoms with van der Waals surface area (Å²) in [6.07, 6.45) is 2.10. The van der Waals surface area contributed by atoms with Crippen LogP contribution in [0.4, 0.5) is 8.78 Å². The van der Waals surface area contributed by atoms with Crippen molar-refractivity contribution in [2.45, 2.75) is 46.0 Å². The molecule has 0 amide bonds. The summed E-state index contributed by atoms with van der Waals surface area (Å²) < 4.78 is 24.2. The fourth-order valence-electron chi connectivity index (χ4n) is 1.39. The summed E-state index contributed by atoms with van der Waals surface area (Å²) >= 11 is 0. The van der Waals surface area contributed by atoms with E-state index in [1.54, 1.807) is 0 Å². The van der Waals surface area contributed by atoms with Crippen LogP contribution >= 0.6 is 0 Å². The summed E-state index contributed by atoms with van der Waals surface area (Å²) in [6.45, 7) is 5.72. The van der Waals surface area contributed by atoms with Crippen LogP contribution in [-0.4, -0.2) is 31.0 Å². The Balaban J connectivity index is 3.53. The topological polar surface area (TPSA) is 3.24 Å². The maximum atomic E-state index is 12.1. The zero-order chi connectivity index (χ0) is 10.1. The maximum absolute atomic E-state index is 12.1. The Labute approximate surface area is 80.1 Å². The molecule has 0 aromatic heterocycles. The van der Waals surface area contributed by atoms with Gasteiger partial charge in [0.15, 0.2) is 0 Å². The number of hydrogen-bond donors (Lipinski definition) is 0. The normalized spacial score (nSPS) is 11.5. The predicted octanol–water partition coefficient (Wildman–Crippen LogP) is 3.15. The third-order valence-electron chi connectivity index (χ3n) is 2.01. The lowest BCUT2D eigenvalue weighted by Crippen LogP contribution is -2.30. The van der Waals surface area contributed by atoms with E-state index in [1.807, 2.05) is 11.8 Å². The van der Waals surface area contributed by atoms with Crippen LogP contribution < -0.4 is 0 Å². The minimum Gasteiger partial charge on any atom is -0.298 e. The molecule has 0 atom stereocenters. The molecule has 0 saturated heterocycles. The molecule has 0 heterocycles. The average molecular weight is 193 g/mol. The summed E-state index contributed by atoms with van der Waals surface area (Å²) in [6, 6.07) is 0. The highest BCUT2D eigenvalue weighted by molar-refractivity contribution is 4.58. The average Bonchev–Trinajstić information content (AvgIpc) is 2.04. The van der Waals surface area contributed by atoms with Gasteiger partial charge < -0.3 is 0 Å². The largest absolute Gasteiger partial charge is 0.298 e. The van der Waals surface area contributed by atoms with Crippen molar-refractivity contribution in [1.29, 1.82) is 0 Å². The van der Waals surface area contributed by atoms with Gasteiger partial charge in [0.25, 0.3) is 6.43 Å². The molecule has 3 heteroatoms. The number of alkyl halides is 2. The van der Waals surface area contributed by atoms with Gasteiger partial charge in [0.05, 0.1) is 6.54 Å². The highest BCUT2D eigenvalue weighted by Crippen LogP contribution is 2.03. The summed E-state index contributed by atoms with van der Waals surface area (Å²) in [5.41, 5.74) is 0. The molecule has 0 aromatic rings. The zero-order valence-corrected chi connectivity index (χ0v) is 8.73. The number of unbranched alkanes of at least 4 members (excludes halogenated alkanes) is 2. The standard InChI is InChI=1S/C10H21F2N/c1-3-5-6-8-13(7-4-2)9-10(11)12/h10H,3-9H2,1-2H3. The van der Waals surface area contributed by atoms with Crippen molar-refractivity contribution >= 4 is 0 Å². The summed E-state index contributed by atoms with van der Waals surface area (Å²) in [4.78, 5) is 1.86. The van der Waals surface area contributed by atoms with Crippen molar-refractivity contribution in [3.05, 3.63) is 0 Å². The monoisotopic (exact) mass is 193 g/mol. The Kier molecular flexibility index (Phi) is 8.30. The second-order valence-electron chi connectivity index (χ2n) is 3.40. The Hall–Kier alpha value is -0.180. The molecular formula is C10H21F2N. The van der Waals surface area contributed by atoms with Crippen LogP contribution in [0.2, 0.25) is 0 Å². The smallest absolute Gasteiger partial charge is 0.251 e. The molecule has 0 bridgehead atoms. The Bertz CT molecular complexity index is 107. The molecule has 1 nitrogen and oxygen atoms in total. The fraction of sp³-hybridized carbons (Fsp3) is 1.00. The predicted molar refractivity (Wildman–Crippen MR) is 52.3 cm³/mol. The van der Waals surface area contributed by atoms with E-state index in [2.05, 4.69) is 6.92 Å². The first-order valence-electron chi connectivity index (χ1n) is 5.21. The summed E-state index contributed by atoms with van der Waals surface area (Å²) in [7, 11) is 0. The van der Waals surface area contributed by atoms with E-state index in [9.17, 15) is 8.78 Å². The van der Waals surface area contributed by atoms with Gasteiger partial charge in [-0.25, -0.2) is 8.78 Å². The highest BCUT2D eigenvalue weighted by atomic mass is 19.3. The van der Waals surface area contributed by atoms with Crippen molar-refractivity contribution in [2.75, 3.05) is 19.6 Å². The summed E-state index contributed by atoms with van der Waals surface area (Å²) in [5.74, 6) is 0. The molecule has 0 spiro atoms. The van der Waals surface area contributed by atoms with Gasteiger partial charge in [0.1, 0.15) is 0 Å². The molecule has 0 radical (unpaired) electrons. The number of nitrogens with zero attached hydrogens (tertiary/aromatic N) is 1. The first-order valence-corrected chi connectivity index (χ1v) is 5.21. The Morgan fingerprint density at radius 3 is 2.15 bits per heavy atom. The lowest BCUT2D eigenvalue weighted by atomic mass is 10.2. The van der Waals surface area contributed by atoms with Crippen LogP contribution in [0.25, 0.3) is 0 Å². The summed E-state index contributed by atoms with van der Waals surface area (Å²) in [5, 5.41) is 0. The van der Waals surface area contributed by atoms with Crippen LogP contribution in [-0.2, 0) is 0 Å². The quantitative estimate of drug-likeness (QED) is 0.535. The van der Waals surface area contributed by atoms with Crippen molar-refractivity contribution in [3.63, 3.8) is 0 Å². The van der Waals surface area contributed by atoms with Gasteiger partial charge in [-0.15, -0.1) is 0 Å². The van der Waals surface area contributed by atoms with Gasteiger partial charge in [0, 0.05) is 0 Å². The van der Waals surface area contributed by atoms with Gasteiger partial charge in [-0.2, -0.15) is 0 Å². The SMILES string of the molecule is CCCCCN(CCC)CC(F)F. The van der Waals surface area contributed by atoms with E-state index in [0.717, 1.165) is 38.8 Å². The lowest BCUT2D eigenvalue weighted by Gasteiger charge is -2.20. The third-order valence-corrected chi connectivity index (χ3v) is 2.01. The van der Waals surface area contributed by atoms with Crippen molar-refractivity contribution in [2.24, 2.45) is 0 Å². The fourth-order valence-corrected chi connectivity index (χ4v) is 1.39. The van der Waals surface area contributed by atoms with Gasteiger partial charge in [-0.05, 0) is 25.9 Å². The van der Waals surface area contributed by atoms with Crippen LogP contribution in [0.5, 0.6) is 0 Å². The molecule has 0 N–H and O–H groups in total. The van der Waals surface area contributed by atoms with E-state index in [1.165, 1.54) is 0 Å². The molecular weight excluding hydrogens is 172 g/mol. The maximum Gasteiger partial charge on any atom is 0.251 e. The van der Waals surface area contributed by atoms with Gasteiger partial charge in [-0.3, -0.25) is 4.90 Å².